The molecule has 4 amide bonds. The number of aliphatic imine (C=N–C) groups is 1. The van der Waals surface area contributed by atoms with Crippen LogP contribution in [0.1, 0.15) is 114 Å². The molecule has 2 aliphatic rings. The molecular formula is C53H59N9O7S2. The van der Waals surface area contributed by atoms with Crippen molar-refractivity contribution in [3.05, 3.63) is 128 Å². The van der Waals surface area contributed by atoms with Gasteiger partial charge < -0.3 is 30.7 Å². The number of thiazole rings is 1. The summed E-state index contributed by atoms with van der Waals surface area (Å²) in [5, 5.41) is 29.1. The van der Waals surface area contributed by atoms with Crippen molar-refractivity contribution in [2.75, 3.05) is 13.7 Å². The van der Waals surface area contributed by atoms with Crippen molar-refractivity contribution in [2.24, 2.45) is 10.4 Å². The van der Waals surface area contributed by atoms with Gasteiger partial charge in [-0.15, -0.1) is 32.9 Å². The lowest BCUT2D eigenvalue weighted by atomic mass is 9.85. The SMILES string of the molecule is COC(=O)C[C@@H]1N=C(c2ccc(-c3ccc(C(=O)N[C@@H](C)C(=O)N[C@H](C(=O)N4C[C@H](O)C[C@H]4C(=O)N[C@@H](C)c4ccc(-c5scnc5C)cc4)C(C)(C)C)cc3)cc2)c2c(sc(C)c2C)-n2c(C)nnc21. The molecule has 0 bridgehead atoms. The van der Waals surface area contributed by atoms with Crippen molar-refractivity contribution < 1.29 is 33.8 Å². The molecule has 0 spiro atoms. The van der Waals surface area contributed by atoms with Crippen molar-refractivity contribution in [1.82, 2.24) is 40.6 Å². The molecule has 0 radical (unpaired) electrons. The molecule has 6 atom stereocenters. The molecule has 8 rings (SSSR count). The quantitative estimate of drug-likeness (QED) is 0.0849. The minimum Gasteiger partial charge on any atom is -0.469 e. The molecule has 4 N–H and O–H groups in total. The second kappa shape index (κ2) is 20.4. The molecular weight excluding hydrogens is 939 g/mol. The Hall–Kier alpha value is -6.89. The zero-order valence-corrected chi connectivity index (χ0v) is 43.1. The van der Waals surface area contributed by atoms with Crippen LogP contribution < -0.4 is 16.0 Å². The first kappa shape index (κ1) is 50.5. The number of fused-ring (bicyclic) bond motifs is 3. The average molecular weight is 998 g/mol. The van der Waals surface area contributed by atoms with E-state index in [1.54, 1.807) is 62.5 Å². The van der Waals surface area contributed by atoms with Gasteiger partial charge in [-0.1, -0.05) is 81.4 Å². The number of hydrogen-bond acceptors (Lipinski definition) is 13. The number of nitrogens with zero attached hydrogens (tertiary/aromatic N) is 6. The topological polar surface area (TPSA) is 210 Å². The van der Waals surface area contributed by atoms with Gasteiger partial charge in [0.1, 0.15) is 35.0 Å². The summed E-state index contributed by atoms with van der Waals surface area (Å²) in [6, 6.07) is 18.8. The fourth-order valence-corrected chi connectivity index (χ4v) is 11.1. The number of aromatic nitrogens is 4. The first-order valence-corrected chi connectivity index (χ1v) is 25.2. The smallest absolute Gasteiger partial charge is 0.308 e. The number of carbonyl (C=O) groups is 5. The number of likely N-dealkylation sites (tertiary alicyclic amines) is 1. The van der Waals surface area contributed by atoms with E-state index in [-0.39, 0.29) is 25.4 Å². The van der Waals surface area contributed by atoms with Crippen LogP contribution in [0.2, 0.25) is 0 Å². The molecule has 71 heavy (non-hydrogen) atoms. The molecule has 370 valence electrons. The molecule has 3 aromatic carbocycles. The molecule has 1 fully saturated rings. The lowest BCUT2D eigenvalue weighted by Crippen LogP contribution is -2.60. The summed E-state index contributed by atoms with van der Waals surface area (Å²) < 4.78 is 7.01. The first-order chi connectivity index (χ1) is 33.7. The van der Waals surface area contributed by atoms with Gasteiger partial charge in [0.15, 0.2) is 5.82 Å². The van der Waals surface area contributed by atoms with Crippen LogP contribution in [-0.2, 0) is 23.9 Å². The van der Waals surface area contributed by atoms with Crippen LogP contribution in [0.5, 0.6) is 0 Å². The van der Waals surface area contributed by atoms with Crippen LogP contribution in [0.3, 0.4) is 0 Å². The number of thiophene rings is 1. The van der Waals surface area contributed by atoms with Crippen molar-refractivity contribution in [2.45, 2.75) is 111 Å². The molecule has 6 aromatic rings. The van der Waals surface area contributed by atoms with Gasteiger partial charge in [-0.25, -0.2) is 4.98 Å². The summed E-state index contributed by atoms with van der Waals surface area (Å²) in [4.78, 5) is 81.0. The predicted octanol–water partition coefficient (Wildman–Crippen LogP) is 7.30. The molecule has 3 aromatic heterocycles. The molecule has 18 heteroatoms. The molecule has 0 unspecified atom stereocenters. The Balaban J connectivity index is 0.910. The number of methoxy groups -OCH3 is 1. The van der Waals surface area contributed by atoms with Gasteiger partial charge in [0.25, 0.3) is 5.91 Å². The Kier molecular flexibility index (Phi) is 14.5. The number of β-amino-alcohol motifs (C(OH)–C–C–N with tert-alkyl or cyclic N) is 1. The molecule has 5 heterocycles. The third-order valence-corrected chi connectivity index (χ3v) is 15.4. The van der Waals surface area contributed by atoms with Crippen LogP contribution >= 0.6 is 22.7 Å². The van der Waals surface area contributed by atoms with Crippen LogP contribution in [-0.4, -0.2) is 103 Å². The molecule has 1 saturated heterocycles. The highest BCUT2D eigenvalue weighted by atomic mass is 32.1. The van der Waals surface area contributed by atoms with Crippen LogP contribution in [0.25, 0.3) is 26.6 Å². The number of aliphatic hydroxyl groups is 1. The van der Waals surface area contributed by atoms with Gasteiger partial charge in [-0.3, -0.25) is 33.5 Å². The normalized spacial score (nSPS) is 17.8. The van der Waals surface area contributed by atoms with Crippen molar-refractivity contribution in [3.8, 4) is 26.6 Å². The van der Waals surface area contributed by atoms with Crippen LogP contribution in [0, 0.1) is 33.1 Å². The van der Waals surface area contributed by atoms with Gasteiger partial charge in [0, 0.05) is 34.5 Å². The van der Waals surface area contributed by atoms with Crippen molar-refractivity contribution in [1.29, 1.82) is 0 Å². The Bertz CT molecular complexity index is 3020. The third-order valence-electron chi connectivity index (χ3n) is 13.2. The number of benzene rings is 3. The fraction of sp³-hybridized carbons (Fsp3) is 0.377. The number of aliphatic hydroxyl groups excluding tert-OH is 1. The summed E-state index contributed by atoms with van der Waals surface area (Å²) in [6.07, 6.45) is -0.879. The maximum absolute atomic E-state index is 14.3. The minimum absolute atomic E-state index is 0.00256. The maximum atomic E-state index is 14.3. The zero-order valence-electron chi connectivity index (χ0n) is 41.5. The predicted molar refractivity (Wildman–Crippen MR) is 274 cm³/mol. The molecule has 2 aliphatic heterocycles. The second-order valence-corrected chi connectivity index (χ2v) is 21.4. The van der Waals surface area contributed by atoms with Gasteiger partial charge in [-0.2, -0.15) is 0 Å². The van der Waals surface area contributed by atoms with Gasteiger partial charge in [0.2, 0.25) is 17.7 Å². The van der Waals surface area contributed by atoms with E-state index >= 15 is 0 Å². The Morgan fingerprint density at radius 3 is 2.10 bits per heavy atom. The zero-order chi connectivity index (χ0) is 51.1. The number of rotatable bonds is 13. The fourth-order valence-electron chi connectivity index (χ4n) is 9.03. The largest absolute Gasteiger partial charge is 0.469 e. The van der Waals surface area contributed by atoms with Crippen molar-refractivity contribution in [3.63, 3.8) is 0 Å². The van der Waals surface area contributed by atoms with E-state index in [4.69, 9.17) is 9.73 Å². The van der Waals surface area contributed by atoms with Gasteiger partial charge in [0.05, 0.1) is 47.5 Å². The van der Waals surface area contributed by atoms with E-state index < -0.39 is 65.3 Å². The number of aryl methyl sites for hydroxylation is 3. The summed E-state index contributed by atoms with van der Waals surface area (Å²) in [7, 11) is 1.35. The molecule has 16 nitrogen and oxygen atoms in total. The number of nitrogens with one attached hydrogen (secondary N) is 3. The summed E-state index contributed by atoms with van der Waals surface area (Å²) in [5.74, 6) is -1.11. The number of carbonyl (C=O) groups excluding carboxylic acids is 5. The van der Waals surface area contributed by atoms with E-state index in [1.807, 2.05) is 91.5 Å². The third kappa shape index (κ3) is 10.5. The van der Waals surface area contributed by atoms with Crippen LogP contribution in [0.4, 0.5) is 0 Å². The van der Waals surface area contributed by atoms with E-state index in [2.05, 4.69) is 45.0 Å². The maximum Gasteiger partial charge on any atom is 0.308 e. The summed E-state index contributed by atoms with van der Waals surface area (Å²) >= 11 is 3.19. The van der Waals surface area contributed by atoms with Crippen molar-refractivity contribution >= 4 is 58.0 Å². The second-order valence-electron chi connectivity index (χ2n) is 19.4. The van der Waals surface area contributed by atoms with E-state index in [0.717, 1.165) is 65.1 Å². The monoisotopic (exact) mass is 997 g/mol. The molecule has 0 saturated carbocycles. The standard InChI is InChI=1S/C53H59N9O7S2/c1-27-31(5)71-52-43(27)44(57-40(24-42(64)69-10)47-60-59-32(6)62(47)52)36-17-13-34(14-18-36)35-15-21-38(22-16-35)49(66)56-30(4)48(65)58-46(53(7,8)9)51(68)61-25-39(63)23-41(61)50(67)55-28(2)33-11-19-37(20-12-33)45-29(3)54-26-70-45/h11-22,26,28,30,39-41,46,63H,23-25H2,1-10H3,(H,55,67)(H,56,66)(H,58,65)/t28-,30-,39+,40-,41-,46+/m0/s1. The Morgan fingerprint density at radius 1 is 0.845 bits per heavy atom. The number of hydrogen-bond donors (Lipinski definition) is 4. The van der Waals surface area contributed by atoms with E-state index in [0.29, 0.717) is 17.2 Å². The minimum atomic E-state index is -1.08. The molecule has 0 aliphatic carbocycles. The lowest BCUT2D eigenvalue weighted by Gasteiger charge is -2.36. The van der Waals surface area contributed by atoms with Crippen LogP contribution in [0.15, 0.2) is 83.3 Å². The van der Waals surface area contributed by atoms with Gasteiger partial charge >= 0.3 is 5.97 Å². The Morgan fingerprint density at radius 2 is 1.48 bits per heavy atom. The van der Waals surface area contributed by atoms with Gasteiger partial charge in [-0.05, 0) is 86.9 Å². The summed E-state index contributed by atoms with van der Waals surface area (Å²) in [5.41, 5.74) is 9.58. The highest BCUT2D eigenvalue weighted by molar-refractivity contribution is 7.15. The van der Waals surface area contributed by atoms with E-state index in [9.17, 15) is 29.1 Å². The summed E-state index contributed by atoms with van der Waals surface area (Å²) in [6.45, 7) is 16.7. The highest BCUT2D eigenvalue weighted by Gasteiger charge is 2.45. The highest BCUT2D eigenvalue weighted by Crippen LogP contribution is 2.40. The Labute approximate surface area is 421 Å². The number of esters is 1. The number of ether oxygens (including phenoxy) is 1. The number of amides is 4. The first-order valence-electron chi connectivity index (χ1n) is 23.5. The lowest BCUT2D eigenvalue weighted by molar-refractivity contribution is -0.144. The average Bonchev–Trinajstić information content (AvgIpc) is 4.12. The van der Waals surface area contributed by atoms with E-state index in [1.165, 1.54) is 12.0 Å².